The van der Waals surface area contributed by atoms with E-state index in [-0.39, 0.29) is 29.8 Å². The van der Waals surface area contributed by atoms with E-state index in [9.17, 15) is 4.39 Å². The van der Waals surface area contributed by atoms with Crippen molar-refractivity contribution in [2.24, 2.45) is 4.99 Å². The fourth-order valence-electron chi connectivity index (χ4n) is 3.35. The van der Waals surface area contributed by atoms with Gasteiger partial charge in [-0.05, 0) is 56.5 Å². The van der Waals surface area contributed by atoms with E-state index in [0.29, 0.717) is 0 Å². The molecule has 0 amide bonds. The Morgan fingerprint density at radius 3 is 2.81 bits per heavy atom. The molecule has 0 aliphatic heterocycles. The summed E-state index contributed by atoms with van der Waals surface area (Å²) in [6, 6.07) is 5.68. The maximum Gasteiger partial charge on any atom is 0.191 e. The molecule has 1 aliphatic rings. The molecule has 2 aromatic rings. The number of aromatic amines is 1. The molecule has 3 N–H and O–H groups in total. The number of nitrogens with zero attached hydrogens (tertiary/aromatic N) is 2. The van der Waals surface area contributed by atoms with Crippen LogP contribution in [-0.4, -0.2) is 54.6 Å². The van der Waals surface area contributed by atoms with E-state index in [1.807, 2.05) is 12.3 Å². The highest BCUT2D eigenvalue weighted by Gasteiger charge is 2.27. The second kappa shape index (κ2) is 10.8. The number of fused-ring (bicyclic) bond motifs is 1. The summed E-state index contributed by atoms with van der Waals surface area (Å²) in [5.41, 5.74) is 2.04. The van der Waals surface area contributed by atoms with Crippen molar-refractivity contribution in [3.05, 3.63) is 35.8 Å². The number of hydrogen-bond donors (Lipinski definition) is 3. The van der Waals surface area contributed by atoms with Crippen LogP contribution < -0.4 is 10.6 Å². The zero-order chi connectivity index (χ0) is 18.4. The average Bonchev–Trinajstić information content (AvgIpc) is 3.40. The van der Waals surface area contributed by atoms with Crippen molar-refractivity contribution < 1.29 is 4.39 Å². The number of halogens is 2. The lowest BCUT2D eigenvalue weighted by Gasteiger charge is -2.18. The summed E-state index contributed by atoms with van der Waals surface area (Å²) in [5, 5.41) is 7.79. The van der Waals surface area contributed by atoms with Crippen LogP contribution in [0.2, 0.25) is 0 Å². The highest BCUT2D eigenvalue weighted by atomic mass is 127. The third-order valence-electron chi connectivity index (χ3n) is 4.89. The summed E-state index contributed by atoms with van der Waals surface area (Å²) in [4.78, 5) is 10.4. The van der Waals surface area contributed by atoms with E-state index in [1.54, 1.807) is 0 Å². The molecular weight excluding hydrogens is 456 g/mol. The molecule has 1 heterocycles. The minimum absolute atomic E-state index is 0. The number of aromatic nitrogens is 1. The molecule has 1 saturated carbocycles. The fourth-order valence-corrected chi connectivity index (χ4v) is 3.35. The van der Waals surface area contributed by atoms with E-state index in [4.69, 9.17) is 4.99 Å². The summed E-state index contributed by atoms with van der Waals surface area (Å²) < 4.78 is 13.3. The van der Waals surface area contributed by atoms with Gasteiger partial charge in [0.1, 0.15) is 5.82 Å². The Morgan fingerprint density at radius 1 is 1.30 bits per heavy atom. The molecule has 0 radical (unpaired) electrons. The summed E-state index contributed by atoms with van der Waals surface area (Å²) in [7, 11) is 0. The van der Waals surface area contributed by atoms with Gasteiger partial charge in [0.25, 0.3) is 0 Å². The first kappa shape index (κ1) is 21.9. The van der Waals surface area contributed by atoms with E-state index in [1.165, 1.54) is 30.5 Å². The molecule has 1 aliphatic carbocycles. The molecule has 0 atom stereocenters. The van der Waals surface area contributed by atoms with Crippen LogP contribution in [-0.2, 0) is 6.42 Å². The molecule has 0 saturated heterocycles. The van der Waals surface area contributed by atoms with Crippen molar-refractivity contribution in [2.75, 3.05) is 32.7 Å². The molecule has 0 unspecified atom stereocenters. The molecule has 5 nitrogen and oxygen atoms in total. The lowest BCUT2D eigenvalue weighted by molar-refractivity contribution is 0.286. The Labute approximate surface area is 178 Å². The van der Waals surface area contributed by atoms with Crippen molar-refractivity contribution in [1.29, 1.82) is 0 Å². The Bertz CT molecular complexity index is 741. The summed E-state index contributed by atoms with van der Waals surface area (Å²) >= 11 is 0. The van der Waals surface area contributed by atoms with Crippen molar-refractivity contribution in [3.63, 3.8) is 0 Å². The van der Waals surface area contributed by atoms with Crippen LogP contribution in [0.25, 0.3) is 10.9 Å². The summed E-state index contributed by atoms with van der Waals surface area (Å²) in [6.45, 7) is 8.87. The van der Waals surface area contributed by atoms with E-state index in [2.05, 4.69) is 34.4 Å². The maximum absolute atomic E-state index is 13.3. The minimum Gasteiger partial charge on any atom is -0.361 e. The number of likely N-dealkylation sites (N-methyl/N-ethyl adjacent to an activating group) is 1. The van der Waals surface area contributed by atoms with Crippen molar-refractivity contribution in [3.8, 4) is 0 Å². The Balaban J connectivity index is 0.00000261. The second-order valence-corrected chi connectivity index (χ2v) is 6.80. The number of guanidine groups is 1. The molecule has 3 rings (SSSR count). The standard InChI is InChI=1S/C20H30FN5.HI/c1-3-22-20(24-11-12-26(4-2)17-6-7-17)23-10-9-15-14-25-19-13-16(21)5-8-18(15)19;/h5,8,13-14,17,25H,3-4,6-7,9-12H2,1-2H3,(H2,22,23,24);1H. The first-order chi connectivity index (χ1) is 12.7. The fraction of sp³-hybridized carbons (Fsp3) is 0.550. The summed E-state index contributed by atoms with van der Waals surface area (Å²) in [6.07, 6.45) is 5.50. The molecular formula is C20H31FIN5. The lowest BCUT2D eigenvalue weighted by Crippen LogP contribution is -2.39. The molecule has 7 heteroatoms. The average molecular weight is 487 g/mol. The van der Waals surface area contributed by atoms with Gasteiger partial charge in [-0.1, -0.05) is 6.92 Å². The Morgan fingerprint density at radius 2 is 2.11 bits per heavy atom. The lowest BCUT2D eigenvalue weighted by atomic mass is 10.1. The molecule has 0 bridgehead atoms. The topological polar surface area (TPSA) is 55.5 Å². The largest absolute Gasteiger partial charge is 0.361 e. The quantitative estimate of drug-likeness (QED) is 0.288. The zero-order valence-electron chi connectivity index (χ0n) is 16.2. The van der Waals surface area contributed by atoms with Crippen LogP contribution >= 0.6 is 24.0 Å². The number of hydrogen-bond acceptors (Lipinski definition) is 2. The molecule has 1 aromatic carbocycles. The highest BCUT2D eigenvalue weighted by Crippen LogP contribution is 2.25. The normalized spacial score (nSPS) is 14.4. The van der Waals surface area contributed by atoms with Crippen molar-refractivity contribution in [2.45, 2.75) is 39.2 Å². The third-order valence-corrected chi connectivity index (χ3v) is 4.89. The number of benzene rings is 1. The van der Waals surface area contributed by atoms with Crippen LogP contribution in [0.3, 0.4) is 0 Å². The first-order valence-corrected chi connectivity index (χ1v) is 9.73. The monoisotopic (exact) mass is 487 g/mol. The second-order valence-electron chi connectivity index (χ2n) is 6.80. The van der Waals surface area contributed by atoms with Crippen LogP contribution in [0.1, 0.15) is 32.3 Å². The number of H-pyrrole nitrogens is 1. The smallest absolute Gasteiger partial charge is 0.191 e. The van der Waals surface area contributed by atoms with Crippen LogP contribution in [0, 0.1) is 5.82 Å². The molecule has 1 fully saturated rings. The van der Waals surface area contributed by atoms with Crippen LogP contribution in [0.4, 0.5) is 4.39 Å². The molecule has 0 spiro atoms. The Kier molecular flexibility index (Phi) is 8.82. The number of nitrogens with one attached hydrogen (secondary N) is 3. The SMILES string of the molecule is CCNC(=NCCN(CC)C1CC1)NCCc1c[nH]c2cc(F)ccc12.I. The first-order valence-electron chi connectivity index (χ1n) is 9.73. The molecule has 1 aromatic heterocycles. The third kappa shape index (κ3) is 6.34. The van der Waals surface area contributed by atoms with Gasteiger partial charge < -0.3 is 15.6 Å². The predicted octanol–water partition coefficient (Wildman–Crippen LogP) is 3.51. The molecule has 27 heavy (non-hydrogen) atoms. The predicted molar refractivity (Wildman–Crippen MR) is 122 cm³/mol. The van der Waals surface area contributed by atoms with Gasteiger partial charge in [-0.3, -0.25) is 9.89 Å². The van der Waals surface area contributed by atoms with Crippen LogP contribution in [0.5, 0.6) is 0 Å². The number of aliphatic imine (C=N–C) groups is 1. The van der Waals surface area contributed by atoms with Crippen LogP contribution in [0.15, 0.2) is 29.4 Å². The molecule has 150 valence electrons. The van der Waals surface area contributed by atoms with Gasteiger partial charge in [0.05, 0.1) is 6.54 Å². The minimum atomic E-state index is -0.210. The van der Waals surface area contributed by atoms with E-state index >= 15 is 0 Å². The highest BCUT2D eigenvalue weighted by molar-refractivity contribution is 14.0. The summed E-state index contributed by atoms with van der Waals surface area (Å²) in [5.74, 6) is 0.656. The van der Waals surface area contributed by atoms with Gasteiger partial charge in [-0.15, -0.1) is 24.0 Å². The van der Waals surface area contributed by atoms with Gasteiger partial charge in [0.2, 0.25) is 0 Å². The zero-order valence-corrected chi connectivity index (χ0v) is 18.6. The van der Waals surface area contributed by atoms with Gasteiger partial charge in [0, 0.05) is 42.8 Å². The van der Waals surface area contributed by atoms with Crippen molar-refractivity contribution >= 4 is 40.8 Å². The van der Waals surface area contributed by atoms with Crippen molar-refractivity contribution in [1.82, 2.24) is 20.5 Å². The van der Waals surface area contributed by atoms with Gasteiger partial charge in [-0.2, -0.15) is 0 Å². The number of rotatable bonds is 9. The maximum atomic E-state index is 13.3. The van der Waals surface area contributed by atoms with Gasteiger partial charge >= 0.3 is 0 Å². The van der Waals surface area contributed by atoms with E-state index < -0.39 is 0 Å². The van der Waals surface area contributed by atoms with Gasteiger partial charge in [-0.25, -0.2) is 4.39 Å². The van der Waals surface area contributed by atoms with Gasteiger partial charge in [0.15, 0.2) is 5.96 Å². The van der Waals surface area contributed by atoms with E-state index in [0.717, 1.165) is 62.0 Å². The Hall–Kier alpha value is -1.35.